The molecule has 0 aromatic carbocycles. The largest absolute Gasteiger partial charge is 0.0776 e. The highest BCUT2D eigenvalue weighted by molar-refractivity contribution is 2.52. The van der Waals surface area contributed by atoms with Crippen molar-refractivity contribution in [2.75, 3.05) is 0 Å². The van der Waals surface area contributed by atoms with Crippen LogP contribution < -0.4 is 0 Å². The van der Waals surface area contributed by atoms with Crippen LogP contribution in [0.2, 0.25) is 0 Å². The Balaban J connectivity index is -0.000000000833. The van der Waals surface area contributed by atoms with Gasteiger partial charge in [0.2, 0.25) is 0 Å². The summed E-state index contributed by atoms with van der Waals surface area (Å²) in [5, 5.41) is 0. The average molecular weight is 313 g/mol. The summed E-state index contributed by atoms with van der Waals surface area (Å²) >= 11 is 0. The maximum atomic E-state index is 5.00. The van der Waals surface area contributed by atoms with Gasteiger partial charge in [-0.2, -0.15) is 0 Å². The van der Waals surface area contributed by atoms with Crippen molar-refractivity contribution >= 4 is 0 Å². The van der Waals surface area contributed by atoms with E-state index in [2.05, 4.69) is 0 Å². The van der Waals surface area contributed by atoms with Crippen LogP contribution in [0.4, 0.5) is 0 Å². The van der Waals surface area contributed by atoms with Crippen LogP contribution in [-0.2, 0) is 0 Å². The van der Waals surface area contributed by atoms with Gasteiger partial charge >= 0.3 is 0 Å². The quantitative estimate of drug-likeness (QED) is 0.417. The molecule has 0 saturated carbocycles. The zero-order valence-electron chi connectivity index (χ0n) is 16.0. The molecule has 0 spiro atoms. The molecule has 0 amide bonds. The Bertz CT molecular complexity index is 33.9. The van der Waals surface area contributed by atoms with E-state index in [-0.39, 0.29) is 122 Å². The summed E-state index contributed by atoms with van der Waals surface area (Å²) in [5.41, 5.74) is 0. The van der Waals surface area contributed by atoms with Gasteiger partial charge in [-0.1, -0.05) is 119 Å². The van der Waals surface area contributed by atoms with Crippen LogP contribution in [0.25, 0.3) is 0 Å². The standard InChI is InChI=1S/16CH4.10H2/h16*1H4;10*1H/i;;;;;;;;;;;;;;;;8*1+2T;2*1+2. The first-order valence-corrected chi connectivity index (χ1v) is 0. The van der Waals surface area contributed by atoms with Crippen LogP contribution >= 0.6 is 0 Å². The Labute approximate surface area is 147 Å². The van der Waals surface area contributed by atoms with E-state index >= 15 is 0 Å². The van der Waals surface area contributed by atoms with Gasteiger partial charge in [0.15, 0.2) is 0 Å². The van der Waals surface area contributed by atoms with Gasteiger partial charge in [-0.3, -0.25) is 0 Å². The third-order valence-electron chi connectivity index (χ3n) is 0. The molecule has 16 heavy (non-hydrogen) atoms. The summed E-state index contributed by atoms with van der Waals surface area (Å²) in [6, 6.07) is 0. The topological polar surface area (TPSA) is 0 Å². The first kappa shape index (κ1) is 56.2. The molecule has 0 unspecified atom stereocenters. The van der Waals surface area contributed by atoms with Gasteiger partial charge in [0, 0.05) is 26.6 Å². The fraction of sp³-hybridized carbons (Fsp3) is 1.00. The van der Waals surface area contributed by atoms with E-state index in [1.165, 1.54) is 0 Å². The van der Waals surface area contributed by atoms with E-state index in [1.54, 1.807) is 0 Å². The lowest BCUT2D eigenvalue weighted by Crippen LogP contribution is 0.143. The van der Waals surface area contributed by atoms with Crippen molar-refractivity contribution in [1.29, 1.82) is 0 Å². The van der Waals surface area contributed by atoms with Crippen LogP contribution in [0.5, 0.6) is 0 Å². The predicted octanol–water partition coefficient (Wildman–Crippen LogP) is 12.6. The van der Waals surface area contributed by atoms with Crippen LogP contribution in [0, 0.1) is 0 Å². The molecule has 0 N–H and O–H groups in total. The van der Waals surface area contributed by atoms with Crippen molar-refractivity contribution in [2.45, 2.75) is 119 Å². The minimum Gasteiger partial charge on any atom is -0.0776 e. The van der Waals surface area contributed by atoms with Gasteiger partial charge in [0.25, 0.3) is 0 Å². The van der Waals surface area contributed by atoms with Crippen molar-refractivity contribution in [2.24, 2.45) is 0 Å². The zero-order valence-corrected chi connectivity index (χ0v) is 0. The first-order valence-electron chi connectivity index (χ1n) is 8.00. The summed E-state index contributed by atoms with van der Waals surface area (Å²) in [6.07, 6.45) is 0. The Kier molecular flexibility index (Phi) is 0. The van der Waals surface area contributed by atoms with E-state index in [4.69, 9.17) is 23.8 Å². The minimum atomic E-state index is 0. The summed E-state index contributed by atoms with van der Waals surface area (Å²) < 4.78 is 80.0. The van der Waals surface area contributed by atoms with Gasteiger partial charge in [0.05, 0.1) is 0 Å². The highest BCUT2D eigenvalue weighted by atomic mass is 12.0. The van der Waals surface area contributed by atoms with Gasteiger partial charge < -0.3 is 0 Å². The molecule has 0 rings (SSSR count). The van der Waals surface area contributed by atoms with Crippen molar-refractivity contribution in [3.63, 3.8) is 0 Å². The van der Waals surface area contributed by atoms with E-state index in [1.807, 2.05) is 0 Å². The Morgan fingerprint density at radius 3 is 0.188 bits per heavy atom. The second-order valence-electron chi connectivity index (χ2n) is 0. The average Bonchev–Trinajstić information content (AvgIpc) is 2.54. The first-order chi connectivity index (χ1) is 8.00. The number of rotatable bonds is 0. The van der Waals surface area contributed by atoms with Gasteiger partial charge in [0.1, 0.15) is 0 Å². The smallest absolute Gasteiger partial charge is 0 e. The molecule has 0 radical (unpaired) electrons. The monoisotopic (exact) mass is 313 g/mol. The number of hydrogen-bond acceptors (Lipinski definition) is 0. The fourth-order valence-electron chi connectivity index (χ4n) is 0. The second-order valence-corrected chi connectivity index (χ2v) is 0. The molecule has 0 aromatic rings. The molecule has 0 aliphatic heterocycles. The SMILES string of the molecule is C.C.C.C.C.C.C.C.C.C.C.C.C.C.C.C.[3HH].[3HH].[3H][3H].[3H][3H].[3H][3H].[3H][3H].[3H][3H].[3H][3H].[3H][3H].[3H][3H]. The van der Waals surface area contributed by atoms with Gasteiger partial charge in [-0.15, -0.1) is 0 Å². The van der Waals surface area contributed by atoms with Crippen LogP contribution in [-0.4, -0.2) is 0 Å². The molecule has 0 bridgehead atoms. The van der Waals surface area contributed by atoms with Gasteiger partial charge in [-0.25, -0.2) is 0 Å². The summed E-state index contributed by atoms with van der Waals surface area (Å²) in [7, 11) is 0. The fourth-order valence-corrected chi connectivity index (χ4v) is 0. The molecule has 0 aromatic heterocycles. The lowest BCUT2D eigenvalue weighted by atomic mass is 12.0. The molecular weight excluding hydrogens is 192 g/mol. The molecule has 0 aliphatic rings. The van der Waals surface area contributed by atoms with Crippen LogP contribution in [0.3, 0.4) is 0 Å². The molecule has 0 heterocycles. The molecule has 148 valence electrons. The summed E-state index contributed by atoms with van der Waals surface area (Å²) in [5.74, 6) is 0. The second kappa shape index (κ2) is 0. The van der Waals surface area contributed by atoms with Crippen molar-refractivity contribution < 1.29 is 26.6 Å². The summed E-state index contributed by atoms with van der Waals surface area (Å²) in [4.78, 5) is 0. The molecule has 0 fully saturated rings. The van der Waals surface area contributed by atoms with Gasteiger partial charge in [-0.05, 0) is 0 Å². The maximum absolute atomic E-state index is 5.00. The Hall–Kier alpha value is 0. The van der Waals surface area contributed by atoms with E-state index in [0.29, 0.717) is 0 Å². The highest BCUT2D eigenvalue weighted by Gasteiger charge is -0.0626. The third-order valence-corrected chi connectivity index (χ3v) is 0. The maximum Gasteiger partial charge on any atom is 0 e. The molecule has 0 saturated heterocycles. The Morgan fingerprint density at radius 2 is 0.188 bits per heavy atom. The normalized spacial score (nSPS) is 4.00. The summed E-state index contributed by atoms with van der Waals surface area (Å²) in [6.45, 7) is 0. The van der Waals surface area contributed by atoms with E-state index < -0.39 is 0 Å². The van der Waals surface area contributed by atoms with E-state index in [9.17, 15) is 0 Å². The zero-order chi connectivity index (χ0) is 16.0. The van der Waals surface area contributed by atoms with Crippen LogP contribution in [0.15, 0.2) is 0 Å². The van der Waals surface area contributed by atoms with Crippen molar-refractivity contribution in [1.82, 2.24) is 0 Å². The van der Waals surface area contributed by atoms with Crippen molar-refractivity contribution in [3.05, 3.63) is 0 Å². The molecule has 0 nitrogen and oxygen atoms in total. The molecular formula is C16H84. The number of hydrogen-bond donors (Lipinski definition) is 0. The van der Waals surface area contributed by atoms with E-state index in [0.717, 1.165) is 0 Å². The Morgan fingerprint density at radius 1 is 0.188 bits per heavy atom. The van der Waals surface area contributed by atoms with Crippen molar-refractivity contribution in [3.8, 4) is 0 Å². The third kappa shape index (κ3) is 0. The molecule has 0 atom stereocenters. The molecule has 0 aliphatic carbocycles. The lowest BCUT2D eigenvalue weighted by Gasteiger charge is -0.0786. The molecule has 0 heteroatoms. The minimum absolute atomic E-state index is 0. The predicted molar refractivity (Wildman–Crippen MR) is 129 cm³/mol. The van der Waals surface area contributed by atoms with Crippen LogP contribution in [0.1, 0.15) is 145 Å². The highest BCUT2D eigenvalue weighted by Crippen LogP contribution is 0.159. The lowest BCUT2D eigenvalue weighted by molar-refractivity contribution is 2.50.